The molecule has 0 aliphatic heterocycles. The van der Waals surface area contributed by atoms with Gasteiger partial charge in [-0.15, -0.1) is 11.3 Å². The van der Waals surface area contributed by atoms with Crippen molar-refractivity contribution in [2.24, 2.45) is 0 Å². The number of H-pyrrole nitrogens is 1. The van der Waals surface area contributed by atoms with E-state index >= 15 is 0 Å². The Bertz CT molecular complexity index is 672. The van der Waals surface area contributed by atoms with Crippen LogP contribution in [0.2, 0.25) is 0 Å². The van der Waals surface area contributed by atoms with Crippen molar-refractivity contribution in [1.82, 2.24) is 25.3 Å². The maximum Gasteiger partial charge on any atom is 0.321 e. The summed E-state index contributed by atoms with van der Waals surface area (Å²) in [7, 11) is 0. The van der Waals surface area contributed by atoms with Crippen molar-refractivity contribution in [3.05, 3.63) is 29.2 Å². The molecule has 0 aromatic carbocycles. The summed E-state index contributed by atoms with van der Waals surface area (Å²) in [5.74, 6) is 2.34. The Morgan fingerprint density at radius 3 is 3.00 bits per heavy atom. The number of hydrogen-bond acceptors (Lipinski definition) is 7. The lowest BCUT2D eigenvalue weighted by Crippen LogP contribution is -2.01. The maximum absolute atomic E-state index is 5.09. The molecule has 8 heteroatoms. The molecule has 7 nitrogen and oxygen atoms in total. The Kier molecular flexibility index (Phi) is 3.46. The Labute approximate surface area is 119 Å². The third kappa shape index (κ3) is 2.69. The molecule has 0 aliphatic carbocycles. The Morgan fingerprint density at radius 1 is 1.40 bits per heavy atom. The first kappa shape index (κ1) is 12.8. The van der Waals surface area contributed by atoms with Gasteiger partial charge in [0.2, 0.25) is 0 Å². The van der Waals surface area contributed by atoms with E-state index in [2.05, 4.69) is 30.6 Å². The van der Waals surface area contributed by atoms with E-state index < -0.39 is 0 Å². The Balaban J connectivity index is 1.63. The number of rotatable bonds is 5. The van der Waals surface area contributed by atoms with Gasteiger partial charge in [-0.2, -0.15) is 10.1 Å². The van der Waals surface area contributed by atoms with Crippen molar-refractivity contribution in [2.45, 2.75) is 26.3 Å². The van der Waals surface area contributed by atoms with Gasteiger partial charge in [-0.25, -0.2) is 4.98 Å². The normalized spacial score (nSPS) is 11.2. The summed E-state index contributed by atoms with van der Waals surface area (Å²) in [4.78, 5) is 9.67. The molecule has 20 heavy (non-hydrogen) atoms. The van der Waals surface area contributed by atoms with Gasteiger partial charge in [0.15, 0.2) is 11.6 Å². The van der Waals surface area contributed by atoms with E-state index in [0.29, 0.717) is 24.2 Å². The third-order valence-corrected chi connectivity index (χ3v) is 3.50. The molecular weight excluding hydrogens is 276 g/mol. The molecule has 0 saturated heterocycles. The highest BCUT2D eigenvalue weighted by Gasteiger charge is 2.10. The third-order valence-electron chi connectivity index (χ3n) is 2.64. The van der Waals surface area contributed by atoms with E-state index in [1.165, 1.54) is 0 Å². The Morgan fingerprint density at radius 2 is 2.30 bits per heavy atom. The average molecular weight is 290 g/mol. The molecule has 0 atom stereocenters. The fourth-order valence-electron chi connectivity index (χ4n) is 1.59. The second kappa shape index (κ2) is 5.41. The standard InChI is InChI=1S/C12H14N6OS/c1-7(2)10-15-12(19-18-10)13-6-9-14-11(17-16-9)8-4-3-5-20-8/h3-5,7H,6H2,1-2H3,(H,13,15,18)(H,14,16,17). The molecule has 2 N–H and O–H groups in total. The molecule has 3 heterocycles. The van der Waals surface area contributed by atoms with Crippen LogP contribution in [-0.2, 0) is 6.54 Å². The molecule has 0 fully saturated rings. The summed E-state index contributed by atoms with van der Waals surface area (Å²) in [6, 6.07) is 4.35. The van der Waals surface area contributed by atoms with E-state index in [9.17, 15) is 0 Å². The van der Waals surface area contributed by atoms with Crippen LogP contribution in [0.3, 0.4) is 0 Å². The first-order valence-electron chi connectivity index (χ1n) is 6.25. The van der Waals surface area contributed by atoms with Crippen LogP contribution in [0.1, 0.15) is 31.4 Å². The second-order valence-corrected chi connectivity index (χ2v) is 5.50. The van der Waals surface area contributed by atoms with Crippen LogP contribution < -0.4 is 5.32 Å². The predicted molar refractivity (Wildman–Crippen MR) is 75.4 cm³/mol. The minimum Gasteiger partial charge on any atom is -0.330 e. The maximum atomic E-state index is 5.09. The van der Waals surface area contributed by atoms with Crippen LogP contribution in [-0.4, -0.2) is 25.3 Å². The summed E-state index contributed by atoms with van der Waals surface area (Å²) in [5.41, 5.74) is 0. The molecule has 3 aromatic rings. The highest BCUT2D eigenvalue weighted by molar-refractivity contribution is 7.13. The number of aromatic nitrogens is 5. The molecule has 104 valence electrons. The van der Waals surface area contributed by atoms with Crippen molar-refractivity contribution < 1.29 is 4.52 Å². The molecule has 0 bridgehead atoms. The van der Waals surface area contributed by atoms with Gasteiger partial charge in [0, 0.05) is 5.92 Å². The summed E-state index contributed by atoms with van der Waals surface area (Å²) < 4.78 is 5.09. The summed E-state index contributed by atoms with van der Waals surface area (Å²) in [6.45, 7) is 4.48. The molecule has 0 spiro atoms. The minimum atomic E-state index is 0.241. The van der Waals surface area contributed by atoms with Crippen LogP contribution in [0.4, 0.5) is 6.01 Å². The van der Waals surface area contributed by atoms with Crippen molar-refractivity contribution in [3.8, 4) is 10.7 Å². The highest BCUT2D eigenvalue weighted by Crippen LogP contribution is 2.20. The number of thiophene rings is 1. The van der Waals surface area contributed by atoms with Crippen molar-refractivity contribution >= 4 is 17.4 Å². The van der Waals surface area contributed by atoms with Gasteiger partial charge in [-0.3, -0.25) is 5.10 Å². The number of hydrogen-bond donors (Lipinski definition) is 2. The number of anilines is 1. The zero-order valence-corrected chi connectivity index (χ0v) is 11.9. The zero-order chi connectivity index (χ0) is 13.9. The van der Waals surface area contributed by atoms with Gasteiger partial charge in [-0.05, 0) is 11.4 Å². The van der Waals surface area contributed by atoms with Gasteiger partial charge >= 0.3 is 6.01 Å². The summed E-state index contributed by atoms with van der Waals surface area (Å²) in [6.07, 6.45) is 0. The van der Waals surface area contributed by atoms with Gasteiger partial charge in [0.05, 0.1) is 11.4 Å². The van der Waals surface area contributed by atoms with Gasteiger partial charge < -0.3 is 9.84 Å². The first-order chi connectivity index (χ1) is 9.72. The van der Waals surface area contributed by atoms with Gasteiger partial charge in [-0.1, -0.05) is 25.1 Å². The average Bonchev–Trinajstić information content (AvgIpc) is 3.17. The van der Waals surface area contributed by atoms with Crippen LogP contribution >= 0.6 is 11.3 Å². The van der Waals surface area contributed by atoms with E-state index in [4.69, 9.17) is 4.52 Å². The van der Waals surface area contributed by atoms with Crippen LogP contribution in [0.25, 0.3) is 10.7 Å². The summed E-state index contributed by atoms with van der Waals surface area (Å²) >= 11 is 1.60. The zero-order valence-electron chi connectivity index (χ0n) is 11.1. The molecule has 3 rings (SSSR count). The SMILES string of the molecule is CC(C)c1noc(NCc2nc(-c3cccs3)n[nH]2)n1. The number of nitrogens with zero attached hydrogens (tertiary/aromatic N) is 4. The fourth-order valence-corrected chi connectivity index (χ4v) is 2.25. The molecule has 0 unspecified atom stereocenters. The quantitative estimate of drug-likeness (QED) is 0.750. The van der Waals surface area contributed by atoms with Crippen molar-refractivity contribution in [1.29, 1.82) is 0 Å². The van der Waals surface area contributed by atoms with E-state index in [0.717, 1.165) is 10.7 Å². The molecule has 0 aliphatic rings. The van der Waals surface area contributed by atoms with Gasteiger partial charge in [0.1, 0.15) is 5.82 Å². The minimum absolute atomic E-state index is 0.241. The smallest absolute Gasteiger partial charge is 0.321 e. The van der Waals surface area contributed by atoms with Gasteiger partial charge in [0.25, 0.3) is 0 Å². The molecule has 0 amide bonds. The van der Waals surface area contributed by atoms with Crippen LogP contribution in [0.5, 0.6) is 0 Å². The Hall–Kier alpha value is -2.22. The van der Waals surface area contributed by atoms with Crippen molar-refractivity contribution in [3.63, 3.8) is 0 Å². The van der Waals surface area contributed by atoms with E-state index in [1.807, 2.05) is 31.4 Å². The summed E-state index contributed by atoms with van der Waals surface area (Å²) in [5, 5.41) is 16.0. The van der Waals surface area contributed by atoms with Crippen LogP contribution in [0.15, 0.2) is 22.0 Å². The number of aromatic amines is 1. The topological polar surface area (TPSA) is 92.5 Å². The lowest BCUT2D eigenvalue weighted by Gasteiger charge is -1.96. The lowest BCUT2D eigenvalue weighted by molar-refractivity contribution is 0.418. The molecule has 0 radical (unpaired) electrons. The van der Waals surface area contributed by atoms with E-state index in [-0.39, 0.29) is 5.92 Å². The fraction of sp³-hybridized carbons (Fsp3) is 0.333. The predicted octanol–water partition coefficient (Wildman–Crippen LogP) is 2.65. The molecular formula is C12H14N6OS. The van der Waals surface area contributed by atoms with Crippen LogP contribution in [0, 0.1) is 0 Å². The largest absolute Gasteiger partial charge is 0.330 e. The van der Waals surface area contributed by atoms with E-state index in [1.54, 1.807) is 11.3 Å². The first-order valence-corrected chi connectivity index (χ1v) is 7.13. The molecule has 0 saturated carbocycles. The second-order valence-electron chi connectivity index (χ2n) is 4.55. The van der Waals surface area contributed by atoms with Crippen molar-refractivity contribution in [2.75, 3.05) is 5.32 Å². The monoisotopic (exact) mass is 290 g/mol. The highest BCUT2D eigenvalue weighted by atomic mass is 32.1. The lowest BCUT2D eigenvalue weighted by atomic mass is 10.2. The molecule has 3 aromatic heterocycles. The number of nitrogens with one attached hydrogen (secondary N) is 2.